The minimum atomic E-state index is 0.352. The molecule has 2 aromatic rings. The molecule has 0 aliphatic carbocycles. The largest absolute Gasteiger partial charge is 0.309 e. The van der Waals surface area contributed by atoms with Crippen molar-refractivity contribution in [3.05, 3.63) is 41.7 Å². The molecule has 0 aliphatic heterocycles. The molecule has 21 heavy (non-hydrogen) atoms. The molecule has 1 aromatic heterocycles. The molecule has 0 bridgehead atoms. The summed E-state index contributed by atoms with van der Waals surface area (Å²) in [6, 6.07) is 11.1. The first kappa shape index (κ1) is 16.5. The lowest BCUT2D eigenvalue weighted by Gasteiger charge is -2.26. The number of thioether (sulfide) groups is 1. The molecule has 2 atom stereocenters. The molecule has 114 valence electrons. The molecule has 3 nitrogen and oxygen atoms in total. The molecule has 2 unspecified atom stereocenters. The smallest absolute Gasteiger partial charge is 0.170 e. The van der Waals surface area contributed by atoms with E-state index >= 15 is 0 Å². The van der Waals surface area contributed by atoms with Crippen LogP contribution in [0.1, 0.15) is 44.1 Å². The van der Waals surface area contributed by atoms with E-state index in [-0.39, 0.29) is 0 Å². The van der Waals surface area contributed by atoms with Crippen molar-refractivity contribution >= 4 is 23.3 Å². The van der Waals surface area contributed by atoms with Gasteiger partial charge >= 0.3 is 0 Å². The van der Waals surface area contributed by atoms with Gasteiger partial charge in [-0.05, 0) is 43.4 Å². The van der Waals surface area contributed by atoms with Gasteiger partial charge in [0.05, 0.1) is 0 Å². The van der Waals surface area contributed by atoms with Gasteiger partial charge in [-0.15, -0.1) is 0 Å². The number of benzene rings is 1. The van der Waals surface area contributed by atoms with E-state index in [1.165, 1.54) is 17.1 Å². The molecule has 0 aliphatic rings. The van der Waals surface area contributed by atoms with Crippen molar-refractivity contribution < 1.29 is 0 Å². The van der Waals surface area contributed by atoms with Gasteiger partial charge in [-0.25, -0.2) is 4.98 Å². The van der Waals surface area contributed by atoms with Crippen molar-refractivity contribution in [3.63, 3.8) is 0 Å². The summed E-state index contributed by atoms with van der Waals surface area (Å²) >= 11 is 3.35. The Labute approximate surface area is 135 Å². The third-order valence-corrected chi connectivity index (χ3v) is 5.62. The van der Waals surface area contributed by atoms with Crippen LogP contribution in [0.3, 0.4) is 0 Å². The molecular weight excluding hydrogens is 298 g/mol. The summed E-state index contributed by atoms with van der Waals surface area (Å²) in [5.74, 6) is 0.870. The van der Waals surface area contributed by atoms with E-state index in [4.69, 9.17) is 0 Å². The Bertz CT molecular complexity index is 527. The van der Waals surface area contributed by atoms with Crippen LogP contribution in [-0.4, -0.2) is 21.2 Å². The van der Waals surface area contributed by atoms with Crippen molar-refractivity contribution in [2.45, 2.75) is 49.2 Å². The number of nitrogens with one attached hydrogen (secondary N) is 1. The molecular formula is C16H23N3S2. The van der Waals surface area contributed by atoms with Crippen LogP contribution >= 0.6 is 23.3 Å². The fourth-order valence-corrected chi connectivity index (χ4v) is 4.35. The van der Waals surface area contributed by atoms with Gasteiger partial charge in [0.1, 0.15) is 5.82 Å². The zero-order chi connectivity index (χ0) is 15.1. The van der Waals surface area contributed by atoms with E-state index in [9.17, 15) is 0 Å². The van der Waals surface area contributed by atoms with E-state index in [0.717, 1.165) is 29.6 Å². The van der Waals surface area contributed by atoms with Gasteiger partial charge in [0.2, 0.25) is 0 Å². The van der Waals surface area contributed by atoms with Gasteiger partial charge < -0.3 is 5.32 Å². The summed E-state index contributed by atoms with van der Waals surface area (Å²) in [6.07, 6.45) is 2.24. The SMILES string of the molecule is CCCNC(c1ccccc1)C(CC)Sc1nc(C)ns1. The lowest BCUT2D eigenvalue weighted by atomic mass is 10.0. The quantitative estimate of drug-likeness (QED) is 0.729. The lowest BCUT2D eigenvalue weighted by molar-refractivity contribution is 0.505. The number of rotatable bonds is 8. The van der Waals surface area contributed by atoms with Crippen molar-refractivity contribution in [1.82, 2.24) is 14.7 Å². The molecule has 1 aromatic carbocycles. The third-order valence-electron chi connectivity index (χ3n) is 3.31. The zero-order valence-corrected chi connectivity index (χ0v) is 14.5. The van der Waals surface area contributed by atoms with Crippen molar-refractivity contribution in [2.75, 3.05) is 6.54 Å². The van der Waals surface area contributed by atoms with Gasteiger partial charge in [0, 0.05) is 11.3 Å². The summed E-state index contributed by atoms with van der Waals surface area (Å²) in [6.45, 7) is 7.43. The zero-order valence-electron chi connectivity index (χ0n) is 12.9. The normalized spacial score (nSPS) is 14.0. The summed E-state index contributed by atoms with van der Waals surface area (Å²) in [4.78, 5) is 4.50. The van der Waals surface area contributed by atoms with Crippen LogP contribution in [0, 0.1) is 6.92 Å². The maximum Gasteiger partial charge on any atom is 0.170 e. The van der Waals surface area contributed by atoms with Crippen LogP contribution in [0.25, 0.3) is 0 Å². The highest BCUT2D eigenvalue weighted by Gasteiger charge is 2.23. The molecule has 1 N–H and O–H groups in total. The number of nitrogens with zero attached hydrogens (tertiary/aromatic N) is 2. The first-order valence-corrected chi connectivity index (χ1v) is 9.15. The number of aromatic nitrogens is 2. The average molecular weight is 322 g/mol. The molecule has 1 heterocycles. The van der Waals surface area contributed by atoms with E-state index in [1.807, 2.05) is 18.7 Å². The van der Waals surface area contributed by atoms with Crippen LogP contribution in [0.15, 0.2) is 34.7 Å². The number of aryl methyl sites for hydroxylation is 1. The Morgan fingerprint density at radius 3 is 2.57 bits per heavy atom. The van der Waals surface area contributed by atoms with E-state index in [2.05, 4.69) is 58.9 Å². The highest BCUT2D eigenvalue weighted by atomic mass is 32.2. The Hall–Kier alpha value is -0.910. The summed E-state index contributed by atoms with van der Waals surface area (Å²) in [5, 5.41) is 4.16. The molecule has 0 fully saturated rings. The first-order valence-electron chi connectivity index (χ1n) is 7.49. The minimum Gasteiger partial charge on any atom is -0.309 e. The van der Waals surface area contributed by atoms with Gasteiger partial charge in [-0.2, -0.15) is 4.37 Å². The number of hydrogen-bond acceptors (Lipinski definition) is 5. The van der Waals surface area contributed by atoms with Gasteiger partial charge in [0.15, 0.2) is 4.34 Å². The van der Waals surface area contributed by atoms with Crippen molar-refractivity contribution in [3.8, 4) is 0 Å². The van der Waals surface area contributed by atoms with Crippen LogP contribution in [0.2, 0.25) is 0 Å². The monoisotopic (exact) mass is 321 g/mol. The molecule has 5 heteroatoms. The molecule has 2 rings (SSSR count). The third kappa shape index (κ3) is 4.80. The van der Waals surface area contributed by atoms with Gasteiger partial charge in [0.25, 0.3) is 0 Å². The summed E-state index contributed by atoms with van der Waals surface area (Å²) < 4.78 is 5.36. The molecule has 0 amide bonds. The lowest BCUT2D eigenvalue weighted by Crippen LogP contribution is -2.30. The van der Waals surface area contributed by atoms with E-state index in [0.29, 0.717) is 11.3 Å². The number of hydrogen-bond donors (Lipinski definition) is 1. The van der Waals surface area contributed by atoms with Crippen molar-refractivity contribution in [2.24, 2.45) is 0 Å². The molecule has 0 radical (unpaired) electrons. The first-order chi connectivity index (χ1) is 10.2. The predicted octanol–water partition coefficient (Wildman–Crippen LogP) is 4.46. The van der Waals surface area contributed by atoms with E-state index < -0.39 is 0 Å². The fourth-order valence-electron chi connectivity index (χ4n) is 2.27. The molecule has 0 saturated heterocycles. The Kier molecular flexibility index (Phi) is 6.67. The second-order valence-electron chi connectivity index (χ2n) is 5.01. The minimum absolute atomic E-state index is 0.352. The topological polar surface area (TPSA) is 37.8 Å². The fraction of sp³-hybridized carbons (Fsp3) is 0.500. The Balaban J connectivity index is 2.16. The predicted molar refractivity (Wildman–Crippen MR) is 92.1 cm³/mol. The molecule has 0 spiro atoms. The van der Waals surface area contributed by atoms with Crippen LogP contribution in [0.5, 0.6) is 0 Å². The van der Waals surface area contributed by atoms with Crippen LogP contribution in [-0.2, 0) is 0 Å². The summed E-state index contributed by atoms with van der Waals surface area (Å²) in [5.41, 5.74) is 1.35. The second-order valence-corrected chi connectivity index (χ2v) is 7.25. The van der Waals surface area contributed by atoms with Gasteiger partial charge in [-0.3, -0.25) is 0 Å². The summed E-state index contributed by atoms with van der Waals surface area (Å²) in [7, 11) is 0. The maximum absolute atomic E-state index is 4.50. The van der Waals surface area contributed by atoms with Gasteiger partial charge in [-0.1, -0.05) is 55.9 Å². The Morgan fingerprint density at radius 1 is 1.24 bits per heavy atom. The van der Waals surface area contributed by atoms with Crippen LogP contribution in [0.4, 0.5) is 0 Å². The average Bonchev–Trinajstić information content (AvgIpc) is 2.92. The standard InChI is InChI=1S/C16H23N3S2/c1-4-11-17-15(13-9-7-6-8-10-13)14(5-2)20-16-18-12(3)19-21-16/h6-10,14-15,17H,4-5,11H2,1-3H3. The Morgan fingerprint density at radius 2 is 2.00 bits per heavy atom. The second kappa shape index (κ2) is 8.51. The highest BCUT2D eigenvalue weighted by Crippen LogP contribution is 2.35. The molecule has 0 saturated carbocycles. The highest BCUT2D eigenvalue weighted by molar-refractivity contribution is 8.01. The maximum atomic E-state index is 4.50. The van der Waals surface area contributed by atoms with Crippen LogP contribution < -0.4 is 5.32 Å². The van der Waals surface area contributed by atoms with Crippen molar-refractivity contribution in [1.29, 1.82) is 0 Å². The van der Waals surface area contributed by atoms with E-state index in [1.54, 1.807) is 0 Å².